The number of ether oxygens (including phenoxy) is 1. The van der Waals surface area contributed by atoms with Gasteiger partial charge in [-0.05, 0) is 43.5 Å². The molecule has 0 amide bonds. The van der Waals surface area contributed by atoms with Crippen molar-refractivity contribution < 1.29 is 23.1 Å². The molecule has 1 fully saturated rings. The van der Waals surface area contributed by atoms with Gasteiger partial charge in [0.15, 0.2) is 0 Å². The molecule has 2 rings (SSSR count). The Morgan fingerprint density at radius 1 is 1.45 bits per heavy atom. The lowest BCUT2D eigenvalue weighted by atomic mass is 10.1. The van der Waals surface area contributed by atoms with Crippen LogP contribution in [0.25, 0.3) is 0 Å². The Bertz CT molecular complexity index is 634. The van der Waals surface area contributed by atoms with Crippen LogP contribution in [0, 0.1) is 12.3 Å². The van der Waals surface area contributed by atoms with E-state index in [0.717, 1.165) is 0 Å². The second-order valence-electron chi connectivity index (χ2n) is 5.04. The van der Waals surface area contributed by atoms with Crippen molar-refractivity contribution in [3.8, 4) is 5.75 Å². The first-order chi connectivity index (χ1) is 9.31. The smallest absolute Gasteiger partial charge is 0.310 e. The highest BCUT2D eigenvalue weighted by Gasteiger charge is 2.50. The number of aliphatic carboxylic acids is 1. The van der Waals surface area contributed by atoms with Crippen molar-refractivity contribution in [1.29, 1.82) is 0 Å². The van der Waals surface area contributed by atoms with Gasteiger partial charge in [0, 0.05) is 6.54 Å². The highest BCUT2D eigenvalue weighted by molar-refractivity contribution is 7.89. The highest BCUT2D eigenvalue weighted by Crippen LogP contribution is 2.45. The zero-order valence-corrected chi connectivity index (χ0v) is 12.2. The number of hydrogen-bond donors (Lipinski definition) is 2. The average Bonchev–Trinajstić information content (AvgIpc) is 3.17. The summed E-state index contributed by atoms with van der Waals surface area (Å²) in [7, 11) is -2.19. The predicted octanol–water partition coefficient (Wildman–Crippen LogP) is 1.15. The van der Waals surface area contributed by atoms with Crippen molar-refractivity contribution in [3.05, 3.63) is 23.8 Å². The van der Waals surface area contributed by atoms with E-state index in [4.69, 9.17) is 9.84 Å². The molecule has 0 unspecified atom stereocenters. The van der Waals surface area contributed by atoms with Crippen LogP contribution < -0.4 is 9.46 Å². The summed E-state index contributed by atoms with van der Waals surface area (Å²) in [6.07, 6.45) is 1.01. The summed E-state index contributed by atoms with van der Waals surface area (Å²) in [6, 6.07) is 4.52. The zero-order valence-electron chi connectivity index (χ0n) is 11.3. The van der Waals surface area contributed by atoms with E-state index in [2.05, 4.69) is 4.72 Å². The van der Waals surface area contributed by atoms with Gasteiger partial charge in [0.1, 0.15) is 5.75 Å². The van der Waals surface area contributed by atoms with Gasteiger partial charge in [0.25, 0.3) is 0 Å². The molecule has 0 heterocycles. The van der Waals surface area contributed by atoms with Crippen LogP contribution in [-0.2, 0) is 14.8 Å². The molecule has 0 saturated heterocycles. The molecule has 1 aromatic rings. The van der Waals surface area contributed by atoms with E-state index in [1.165, 1.54) is 19.2 Å². The predicted molar refractivity (Wildman–Crippen MR) is 72.2 cm³/mol. The van der Waals surface area contributed by atoms with Crippen LogP contribution in [0.1, 0.15) is 18.4 Å². The van der Waals surface area contributed by atoms with Crippen LogP contribution in [-0.4, -0.2) is 33.1 Å². The van der Waals surface area contributed by atoms with E-state index in [1.54, 1.807) is 13.0 Å². The van der Waals surface area contributed by atoms with Crippen molar-refractivity contribution >= 4 is 16.0 Å². The lowest BCUT2D eigenvalue weighted by molar-refractivity contribution is -0.143. The number of sulfonamides is 1. The van der Waals surface area contributed by atoms with Crippen LogP contribution in [0.4, 0.5) is 0 Å². The summed E-state index contributed by atoms with van der Waals surface area (Å²) in [5.41, 5.74) is -0.219. The van der Waals surface area contributed by atoms with Gasteiger partial charge >= 0.3 is 5.97 Å². The SMILES string of the molecule is COc1ccc(S(=O)(=O)NCC2(C(=O)O)CC2)cc1C. The molecule has 1 aliphatic carbocycles. The first kappa shape index (κ1) is 14.8. The number of carboxylic acids is 1. The van der Waals surface area contributed by atoms with Gasteiger partial charge < -0.3 is 9.84 Å². The fraction of sp³-hybridized carbons (Fsp3) is 0.462. The maximum Gasteiger partial charge on any atom is 0.310 e. The standard InChI is InChI=1S/C13H17NO5S/c1-9-7-10(3-4-11(9)19-2)20(17,18)14-8-13(5-6-13)12(15)16/h3-4,7,14H,5-6,8H2,1-2H3,(H,15,16). The van der Waals surface area contributed by atoms with Crippen molar-refractivity contribution in [1.82, 2.24) is 4.72 Å². The van der Waals surface area contributed by atoms with Gasteiger partial charge in [-0.2, -0.15) is 0 Å². The number of benzene rings is 1. The fourth-order valence-corrected chi connectivity index (χ4v) is 3.16. The van der Waals surface area contributed by atoms with Crippen molar-refractivity contribution in [2.75, 3.05) is 13.7 Å². The summed E-state index contributed by atoms with van der Waals surface area (Å²) >= 11 is 0. The number of carbonyl (C=O) groups is 1. The third-order valence-corrected chi connectivity index (χ3v) is 4.98. The third kappa shape index (κ3) is 2.78. The molecular formula is C13H17NO5S. The third-order valence-electron chi connectivity index (χ3n) is 3.58. The quantitative estimate of drug-likeness (QED) is 0.822. The van der Waals surface area contributed by atoms with Crippen LogP contribution in [0.5, 0.6) is 5.75 Å². The molecule has 2 N–H and O–H groups in total. The van der Waals surface area contributed by atoms with Gasteiger partial charge in [-0.3, -0.25) is 4.79 Å². The van der Waals surface area contributed by atoms with Gasteiger partial charge in [-0.1, -0.05) is 0 Å². The minimum atomic E-state index is -3.70. The topological polar surface area (TPSA) is 92.7 Å². The second-order valence-corrected chi connectivity index (χ2v) is 6.81. The minimum absolute atomic E-state index is 0.0737. The molecule has 1 saturated carbocycles. The molecule has 20 heavy (non-hydrogen) atoms. The molecule has 1 aromatic carbocycles. The summed E-state index contributed by atoms with van der Waals surface area (Å²) in [5, 5.41) is 9.03. The Morgan fingerprint density at radius 2 is 2.10 bits per heavy atom. The van der Waals surface area contributed by atoms with E-state index in [0.29, 0.717) is 24.2 Å². The lowest BCUT2D eigenvalue weighted by Crippen LogP contribution is -2.34. The van der Waals surface area contributed by atoms with E-state index in [1.807, 2.05) is 0 Å². The van der Waals surface area contributed by atoms with Gasteiger partial charge in [0.05, 0.1) is 17.4 Å². The van der Waals surface area contributed by atoms with Crippen LogP contribution in [0.2, 0.25) is 0 Å². The summed E-state index contributed by atoms with van der Waals surface area (Å²) in [6.45, 7) is 1.67. The zero-order chi connectivity index (χ0) is 15.0. The number of hydrogen-bond acceptors (Lipinski definition) is 4. The number of rotatable bonds is 6. The Balaban J connectivity index is 2.15. The molecule has 1 aliphatic rings. The van der Waals surface area contributed by atoms with E-state index < -0.39 is 21.4 Å². The summed E-state index contributed by atoms with van der Waals surface area (Å²) in [4.78, 5) is 11.1. The Kier molecular flexibility index (Phi) is 3.75. The number of aryl methyl sites for hydroxylation is 1. The van der Waals surface area contributed by atoms with Crippen molar-refractivity contribution in [2.45, 2.75) is 24.7 Å². The van der Waals surface area contributed by atoms with Crippen molar-refractivity contribution in [3.63, 3.8) is 0 Å². The molecule has 0 aromatic heterocycles. The monoisotopic (exact) mass is 299 g/mol. The van der Waals surface area contributed by atoms with E-state index >= 15 is 0 Å². The minimum Gasteiger partial charge on any atom is -0.496 e. The average molecular weight is 299 g/mol. The first-order valence-corrected chi connectivity index (χ1v) is 7.67. The second kappa shape index (κ2) is 5.06. The summed E-state index contributed by atoms with van der Waals surface area (Å²) < 4.78 is 31.7. The number of nitrogens with one attached hydrogen (secondary N) is 1. The molecule has 7 heteroatoms. The first-order valence-electron chi connectivity index (χ1n) is 6.18. The number of methoxy groups -OCH3 is 1. The Morgan fingerprint density at radius 3 is 2.55 bits per heavy atom. The normalized spacial score (nSPS) is 16.7. The molecule has 110 valence electrons. The molecular weight excluding hydrogens is 282 g/mol. The molecule has 0 atom stereocenters. The maximum atomic E-state index is 12.1. The van der Waals surface area contributed by atoms with Crippen LogP contribution in [0.15, 0.2) is 23.1 Å². The van der Waals surface area contributed by atoms with Gasteiger partial charge in [-0.15, -0.1) is 0 Å². The summed E-state index contributed by atoms with van der Waals surface area (Å²) in [5.74, 6) is -0.348. The Labute approximate surface area is 117 Å². The van der Waals surface area contributed by atoms with E-state index in [-0.39, 0.29) is 11.4 Å². The Hall–Kier alpha value is -1.60. The van der Waals surface area contributed by atoms with Gasteiger partial charge in [-0.25, -0.2) is 13.1 Å². The largest absolute Gasteiger partial charge is 0.496 e. The molecule has 0 spiro atoms. The van der Waals surface area contributed by atoms with E-state index in [9.17, 15) is 13.2 Å². The van der Waals surface area contributed by atoms with Crippen molar-refractivity contribution in [2.24, 2.45) is 5.41 Å². The molecule has 0 aliphatic heterocycles. The molecule has 0 bridgehead atoms. The molecule has 6 nitrogen and oxygen atoms in total. The lowest BCUT2D eigenvalue weighted by Gasteiger charge is -2.13. The fourth-order valence-electron chi connectivity index (χ4n) is 1.95. The van der Waals surface area contributed by atoms with Crippen LogP contribution in [0.3, 0.4) is 0 Å². The van der Waals surface area contributed by atoms with Crippen LogP contribution >= 0.6 is 0 Å². The highest BCUT2D eigenvalue weighted by atomic mass is 32.2. The van der Waals surface area contributed by atoms with Gasteiger partial charge in [0.2, 0.25) is 10.0 Å². The number of carboxylic acid groups (broad SMARTS) is 1. The molecule has 0 radical (unpaired) electrons. The maximum absolute atomic E-state index is 12.1.